The van der Waals surface area contributed by atoms with Crippen molar-refractivity contribution in [3.63, 3.8) is 0 Å². The second-order valence-corrected chi connectivity index (χ2v) is 5.59. The molecule has 0 amide bonds. The fraction of sp³-hybridized carbons (Fsp3) is 0.158. The molecule has 0 radical (unpaired) electrons. The molecule has 0 aliphatic carbocycles. The molecule has 136 valence electrons. The number of alkyl halides is 3. The number of hydrogen-bond acceptors (Lipinski definition) is 5. The van der Waals surface area contributed by atoms with E-state index in [4.69, 9.17) is 5.26 Å². The van der Waals surface area contributed by atoms with Crippen molar-refractivity contribution in [2.24, 2.45) is 0 Å². The minimum Gasteiger partial charge on any atom is -0.369 e. The lowest BCUT2D eigenvalue weighted by atomic mass is 10.1. The van der Waals surface area contributed by atoms with Crippen molar-refractivity contribution >= 4 is 5.82 Å². The second-order valence-electron chi connectivity index (χ2n) is 5.59. The van der Waals surface area contributed by atoms with Gasteiger partial charge in [-0.1, -0.05) is 18.2 Å². The van der Waals surface area contributed by atoms with Gasteiger partial charge in [-0.05, 0) is 24.3 Å². The molecular weight excluding hydrogens is 355 g/mol. The van der Waals surface area contributed by atoms with Crippen LogP contribution in [0.4, 0.5) is 19.0 Å². The lowest BCUT2D eigenvalue weighted by Crippen LogP contribution is -2.06. The van der Waals surface area contributed by atoms with E-state index in [2.05, 4.69) is 20.3 Å². The van der Waals surface area contributed by atoms with Crippen molar-refractivity contribution < 1.29 is 13.2 Å². The Morgan fingerprint density at radius 3 is 2.56 bits per heavy atom. The Balaban J connectivity index is 2.06. The molecule has 8 heteroatoms. The number of nitrogens with zero attached hydrogens (tertiary/aromatic N) is 4. The standard InChI is InChI=1S/C19H14F3N5/c20-19(21,22)14-6-3-5-13(11-14)16-12-17(25-10-4-8-23)27-18(26-16)15-7-1-2-9-24-15/h1-3,5-7,9,11-12H,4,10H2,(H,25,26,27). The van der Waals surface area contributed by atoms with Gasteiger partial charge in [-0.25, -0.2) is 9.97 Å². The summed E-state index contributed by atoms with van der Waals surface area (Å²) in [6.45, 7) is 0.358. The summed E-state index contributed by atoms with van der Waals surface area (Å²) in [6.07, 6.45) is -2.60. The molecule has 2 aromatic heterocycles. The monoisotopic (exact) mass is 369 g/mol. The van der Waals surface area contributed by atoms with Crippen LogP contribution in [-0.2, 0) is 6.18 Å². The molecule has 0 aliphatic heterocycles. The van der Waals surface area contributed by atoms with Crippen LogP contribution < -0.4 is 5.32 Å². The number of anilines is 1. The highest BCUT2D eigenvalue weighted by Gasteiger charge is 2.30. The van der Waals surface area contributed by atoms with E-state index in [1.807, 2.05) is 6.07 Å². The highest BCUT2D eigenvalue weighted by Crippen LogP contribution is 2.32. The van der Waals surface area contributed by atoms with Crippen molar-refractivity contribution in [1.82, 2.24) is 15.0 Å². The maximum absolute atomic E-state index is 13.0. The normalized spacial score (nSPS) is 11.0. The van der Waals surface area contributed by atoms with E-state index < -0.39 is 11.7 Å². The quantitative estimate of drug-likeness (QED) is 0.668. The predicted octanol–water partition coefficient (Wildman–Crippen LogP) is 4.55. The van der Waals surface area contributed by atoms with Gasteiger partial charge in [-0.2, -0.15) is 18.4 Å². The number of aromatic nitrogens is 3. The Bertz CT molecular complexity index is 965. The van der Waals surface area contributed by atoms with E-state index in [0.29, 0.717) is 29.3 Å². The van der Waals surface area contributed by atoms with Crippen LogP contribution in [0.5, 0.6) is 0 Å². The fourth-order valence-electron chi connectivity index (χ4n) is 2.40. The van der Waals surface area contributed by atoms with E-state index in [-0.39, 0.29) is 12.2 Å². The third-order valence-electron chi connectivity index (χ3n) is 3.65. The molecule has 1 N–H and O–H groups in total. The summed E-state index contributed by atoms with van der Waals surface area (Å²) in [5.41, 5.74) is 0.385. The maximum Gasteiger partial charge on any atom is 0.416 e. The topological polar surface area (TPSA) is 74.5 Å². The van der Waals surface area contributed by atoms with Crippen LogP contribution in [-0.4, -0.2) is 21.5 Å². The number of nitriles is 1. The number of rotatable bonds is 5. The highest BCUT2D eigenvalue weighted by molar-refractivity contribution is 5.67. The van der Waals surface area contributed by atoms with Gasteiger partial charge in [-0.15, -0.1) is 0 Å². The van der Waals surface area contributed by atoms with Crippen molar-refractivity contribution in [2.75, 3.05) is 11.9 Å². The first-order valence-corrected chi connectivity index (χ1v) is 8.06. The van der Waals surface area contributed by atoms with Crippen molar-refractivity contribution in [2.45, 2.75) is 12.6 Å². The van der Waals surface area contributed by atoms with Crippen molar-refractivity contribution in [1.29, 1.82) is 5.26 Å². The SMILES string of the molecule is N#CCCNc1cc(-c2cccc(C(F)(F)F)c2)nc(-c2ccccn2)n1. The fourth-order valence-corrected chi connectivity index (χ4v) is 2.40. The lowest BCUT2D eigenvalue weighted by Gasteiger charge is -2.11. The Labute approximate surface area is 153 Å². The van der Waals surface area contributed by atoms with Crippen molar-refractivity contribution in [3.8, 4) is 28.8 Å². The third-order valence-corrected chi connectivity index (χ3v) is 3.65. The molecule has 3 rings (SSSR count). The van der Waals surface area contributed by atoms with E-state index in [1.54, 1.807) is 36.5 Å². The van der Waals surface area contributed by atoms with Gasteiger partial charge >= 0.3 is 6.18 Å². The maximum atomic E-state index is 13.0. The van der Waals surface area contributed by atoms with Crippen LogP contribution in [0.2, 0.25) is 0 Å². The number of hydrogen-bond donors (Lipinski definition) is 1. The van der Waals surface area contributed by atoms with Crippen LogP contribution >= 0.6 is 0 Å². The predicted molar refractivity (Wildman–Crippen MR) is 94.4 cm³/mol. The molecule has 0 fully saturated rings. The van der Waals surface area contributed by atoms with Gasteiger partial charge in [0.15, 0.2) is 5.82 Å². The van der Waals surface area contributed by atoms with E-state index in [9.17, 15) is 13.2 Å². The van der Waals surface area contributed by atoms with Crippen LogP contribution in [0.3, 0.4) is 0 Å². The number of benzene rings is 1. The first-order valence-electron chi connectivity index (χ1n) is 8.06. The summed E-state index contributed by atoms with van der Waals surface area (Å²) in [4.78, 5) is 12.9. The minimum atomic E-state index is -4.44. The van der Waals surface area contributed by atoms with Gasteiger partial charge in [-0.3, -0.25) is 4.98 Å². The number of halogens is 3. The molecule has 0 unspecified atom stereocenters. The summed E-state index contributed by atoms with van der Waals surface area (Å²) < 4.78 is 39.1. The average molecular weight is 369 g/mol. The van der Waals surface area contributed by atoms with Crippen LogP contribution in [0, 0.1) is 11.3 Å². The third kappa shape index (κ3) is 4.58. The van der Waals surface area contributed by atoms with Crippen molar-refractivity contribution in [3.05, 3.63) is 60.3 Å². The summed E-state index contributed by atoms with van der Waals surface area (Å²) in [6, 6.07) is 13.7. The van der Waals surface area contributed by atoms with Gasteiger partial charge < -0.3 is 5.32 Å². The summed E-state index contributed by atoms with van der Waals surface area (Å²) in [7, 11) is 0. The van der Waals surface area contributed by atoms with Crippen LogP contribution in [0.15, 0.2) is 54.7 Å². The van der Waals surface area contributed by atoms with Crippen LogP contribution in [0.25, 0.3) is 22.8 Å². The Morgan fingerprint density at radius 2 is 1.85 bits per heavy atom. The first kappa shape index (κ1) is 18.3. The summed E-state index contributed by atoms with van der Waals surface area (Å²) in [5, 5.41) is 11.7. The Kier molecular flexibility index (Phi) is 5.31. The zero-order valence-electron chi connectivity index (χ0n) is 14.0. The number of nitrogens with one attached hydrogen (secondary N) is 1. The van der Waals surface area contributed by atoms with Gasteiger partial charge in [0.25, 0.3) is 0 Å². The van der Waals surface area contributed by atoms with E-state index in [0.717, 1.165) is 12.1 Å². The molecular formula is C19H14F3N5. The largest absolute Gasteiger partial charge is 0.416 e. The second kappa shape index (κ2) is 7.83. The zero-order chi connectivity index (χ0) is 19.3. The molecule has 0 saturated heterocycles. The van der Waals surface area contributed by atoms with Gasteiger partial charge in [0.05, 0.1) is 23.7 Å². The minimum absolute atomic E-state index is 0.266. The number of pyridine rings is 1. The molecule has 0 atom stereocenters. The molecule has 1 aromatic carbocycles. The van der Waals surface area contributed by atoms with E-state index >= 15 is 0 Å². The zero-order valence-corrected chi connectivity index (χ0v) is 14.0. The molecule has 0 saturated carbocycles. The molecule has 2 heterocycles. The van der Waals surface area contributed by atoms with Gasteiger partial charge in [0.2, 0.25) is 0 Å². The molecule has 5 nitrogen and oxygen atoms in total. The first-order chi connectivity index (χ1) is 13.0. The Hall–Kier alpha value is -3.47. The smallest absolute Gasteiger partial charge is 0.369 e. The summed E-state index contributed by atoms with van der Waals surface area (Å²) >= 11 is 0. The average Bonchev–Trinajstić information content (AvgIpc) is 2.68. The van der Waals surface area contributed by atoms with E-state index in [1.165, 1.54) is 6.07 Å². The highest BCUT2D eigenvalue weighted by atomic mass is 19.4. The van der Waals surface area contributed by atoms with Gasteiger partial charge in [0.1, 0.15) is 11.5 Å². The molecule has 3 aromatic rings. The van der Waals surface area contributed by atoms with Crippen LogP contribution in [0.1, 0.15) is 12.0 Å². The molecule has 0 spiro atoms. The molecule has 0 aliphatic rings. The lowest BCUT2D eigenvalue weighted by molar-refractivity contribution is -0.137. The molecule has 0 bridgehead atoms. The van der Waals surface area contributed by atoms with Gasteiger partial charge in [0, 0.05) is 24.4 Å². The summed E-state index contributed by atoms with van der Waals surface area (Å²) in [5.74, 6) is 0.693. The Morgan fingerprint density at radius 1 is 1.00 bits per heavy atom. The molecule has 27 heavy (non-hydrogen) atoms.